The van der Waals surface area contributed by atoms with Gasteiger partial charge in [0.05, 0.1) is 12.8 Å². The molecule has 0 atom stereocenters. The van der Waals surface area contributed by atoms with Crippen molar-refractivity contribution < 1.29 is 4.74 Å². The first kappa shape index (κ1) is 11.8. The molecule has 1 aliphatic heterocycles. The lowest BCUT2D eigenvalue weighted by molar-refractivity contribution is 0.415. The minimum absolute atomic E-state index is 0.809. The van der Waals surface area contributed by atoms with Crippen molar-refractivity contribution in [2.75, 3.05) is 18.6 Å². The number of ether oxygens (including phenoxy) is 1. The number of fused-ring (bicyclic) bond motifs is 1. The number of hydrogen-bond donors (Lipinski definition) is 0. The summed E-state index contributed by atoms with van der Waals surface area (Å²) in [6.45, 7) is 2.89. The molecule has 3 rings (SSSR count). The number of aryl methyl sites for hydroxylation is 1. The molecule has 0 fully saturated rings. The molecule has 0 saturated heterocycles. The Bertz CT molecular complexity index is 634. The molecule has 1 aromatic heterocycles. The van der Waals surface area contributed by atoms with Crippen LogP contribution in [0.4, 0.5) is 11.5 Å². The Morgan fingerprint density at radius 2 is 2.16 bits per heavy atom. The normalized spacial score (nSPS) is 13.3. The summed E-state index contributed by atoms with van der Waals surface area (Å²) in [5.41, 5.74) is 3.45. The summed E-state index contributed by atoms with van der Waals surface area (Å²) in [5.74, 6) is 1.83. The topological polar surface area (TPSA) is 25.4 Å². The van der Waals surface area contributed by atoms with Gasteiger partial charge in [-0.1, -0.05) is 24.3 Å². The van der Waals surface area contributed by atoms with Gasteiger partial charge in [-0.2, -0.15) is 0 Å². The van der Waals surface area contributed by atoms with Crippen LogP contribution in [0, 0.1) is 6.92 Å². The van der Waals surface area contributed by atoms with Crippen LogP contribution in [0.3, 0.4) is 0 Å². The van der Waals surface area contributed by atoms with Gasteiger partial charge in [-0.05, 0) is 30.7 Å². The van der Waals surface area contributed by atoms with Crippen molar-refractivity contribution in [2.24, 2.45) is 0 Å². The van der Waals surface area contributed by atoms with E-state index in [1.807, 2.05) is 24.4 Å². The number of benzene rings is 1. The van der Waals surface area contributed by atoms with E-state index in [1.54, 1.807) is 7.11 Å². The average molecular weight is 252 g/mol. The Morgan fingerprint density at radius 3 is 2.95 bits per heavy atom. The van der Waals surface area contributed by atoms with Crippen molar-refractivity contribution >= 4 is 17.6 Å². The van der Waals surface area contributed by atoms with Crippen molar-refractivity contribution in [1.29, 1.82) is 0 Å². The molecular weight excluding hydrogens is 236 g/mol. The molecule has 2 aromatic rings. The highest BCUT2D eigenvalue weighted by atomic mass is 16.5. The molecule has 0 bridgehead atoms. The fourth-order valence-electron chi connectivity index (χ4n) is 2.38. The van der Waals surface area contributed by atoms with Gasteiger partial charge < -0.3 is 9.64 Å². The monoisotopic (exact) mass is 252 g/mol. The van der Waals surface area contributed by atoms with Gasteiger partial charge in [0.15, 0.2) is 0 Å². The Labute approximate surface area is 113 Å². The molecule has 0 spiro atoms. The van der Waals surface area contributed by atoms with Crippen LogP contribution in [-0.2, 0) is 0 Å². The molecule has 2 heterocycles. The van der Waals surface area contributed by atoms with E-state index >= 15 is 0 Å². The summed E-state index contributed by atoms with van der Waals surface area (Å²) in [5, 5.41) is 0. The number of nitrogens with zero attached hydrogens (tertiary/aromatic N) is 2. The molecule has 96 valence electrons. The van der Waals surface area contributed by atoms with Gasteiger partial charge in [-0.15, -0.1) is 0 Å². The van der Waals surface area contributed by atoms with Crippen molar-refractivity contribution in [3.63, 3.8) is 0 Å². The number of pyridine rings is 1. The second kappa shape index (κ2) is 4.76. The molecule has 3 nitrogen and oxygen atoms in total. The third kappa shape index (κ3) is 2.08. The molecule has 0 unspecified atom stereocenters. The van der Waals surface area contributed by atoms with Crippen LogP contribution in [0.1, 0.15) is 11.1 Å². The number of hydrogen-bond acceptors (Lipinski definition) is 3. The predicted molar refractivity (Wildman–Crippen MR) is 78.0 cm³/mol. The maximum absolute atomic E-state index is 5.49. The molecule has 3 heteroatoms. The van der Waals surface area contributed by atoms with E-state index in [0.29, 0.717) is 0 Å². The van der Waals surface area contributed by atoms with Crippen LogP contribution < -0.4 is 9.64 Å². The SMILES string of the molecule is COc1cccc2c1N(c1cc(C)ccn1)CC=C2. The fourth-order valence-corrected chi connectivity index (χ4v) is 2.38. The zero-order valence-corrected chi connectivity index (χ0v) is 11.1. The number of rotatable bonds is 2. The van der Waals surface area contributed by atoms with Crippen LogP contribution in [0.15, 0.2) is 42.6 Å². The summed E-state index contributed by atoms with van der Waals surface area (Å²) in [7, 11) is 1.70. The van der Waals surface area contributed by atoms with Crippen LogP contribution >= 0.6 is 0 Å². The van der Waals surface area contributed by atoms with E-state index in [0.717, 1.165) is 29.4 Å². The maximum atomic E-state index is 5.49. The molecule has 0 N–H and O–H groups in total. The lowest BCUT2D eigenvalue weighted by atomic mass is 10.1. The highest BCUT2D eigenvalue weighted by Gasteiger charge is 2.20. The molecule has 0 radical (unpaired) electrons. The minimum Gasteiger partial charge on any atom is -0.495 e. The summed E-state index contributed by atoms with van der Waals surface area (Å²) in [6.07, 6.45) is 6.12. The average Bonchev–Trinajstić information content (AvgIpc) is 2.46. The Morgan fingerprint density at radius 1 is 1.26 bits per heavy atom. The smallest absolute Gasteiger partial charge is 0.143 e. The summed E-state index contributed by atoms with van der Waals surface area (Å²) < 4.78 is 5.49. The van der Waals surface area contributed by atoms with E-state index in [2.05, 4.69) is 41.1 Å². The Hall–Kier alpha value is -2.29. The first-order valence-electron chi connectivity index (χ1n) is 6.33. The lowest BCUT2D eigenvalue weighted by Gasteiger charge is -2.29. The lowest BCUT2D eigenvalue weighted by Crippen LogP contribution is -2.22. The zero-order valence-electron chi connectivity index (χ0n) is 11.1. The van der Waals surface area contributed by atoms with Crippen LogP contribution in [0.2, 0.25) is 0 Å². The second-order valence-electron chi connectivity index (χ2n) is 4.60. The number of anilines is 2. The van der Waals surface area contributed by atoms with Gasteiger partial charge in [-0.25, -0.2) is 4.98 Å². The molecule has 19 heavy (non-hydrogen) atoms. The Balaban J connectivity index is 2.14. The van der Waals surface area contributed by atoms with Gasteiger partial charge in [0, 0.05) is 18.3 Å². The fraction of sp³-hybridized carbons (Fsp3) is 0.188. The summed E-state index contributed by atoms with van der Waals surface area (Å²) in [4.78, 5) is 6.66. The van der Waals surface area contributed by atoms with Crippen molar-refractivity contribution in [3.05, 3.63) is 53.7 Å². The number of para-hydroxylation sites is 1. The quantitative estimate of drug-likeness (QED) is 0.817. The van der Waals surface area contributed by atoms with Gasteiger partial charge in [0.25, 0.3) is 0 Å². The van der Waals surface area contributed by atoms with Crippen LogP contribution in [-0.4, -0.2) is 18.6 Å². The first-order chi connectivity index (χ1) is 9.29. The van der Waals surface area contributed by atoms with Gasteiger partial charge in [0.2, 0.25) is 0 Å². The third-order valence-corrected chi connectivity index (χ3v) is 3.28. The van der Waals surface area contributed by atoms with E-state index in [9.17, 15) is 0 Å². The number of aromatic nitrogens is 1. The summed E-state index contributed by atoms with van der Waals surface area (Å²) >= 11 is 0. The van der Waals surface area contributed by atoms with Crippen LogP contribution in [0.5, 0.6) is 5.75 Å². The van der Waals surface area contributed by atoms with E-state index in [4.69, 9.17) is 4.74 Å². The zero-order chi connectivity index (χ0) is 13.2. The highest BCUT2D eigenvalue weighted by Crippen LogP contribution is 2.38. The van der Waals surface area contributed by atoms with E-state index in [-0.39, 0.29) is 0 Å². The first-order valence-corrected chi connectivity index (χ1v) is 6.33. The van der Waals surface area contributed by atoms with Crippen molar-refractivity contribution in [2.45, 2.75) is 6.92 Å². The maximum Gasteiger partial charge on any atom is 0.143 e. The van der Waals surface area contributed by atoms with E-state index in [1.165, 1.54) is 5.56 Å². The minimum atomic E-state index is 0.809. The molecule has 0 aliphatic carbocycles. The second-order valence-corrected chi connectivity index (χ2v) is 4.60. The standard InChI is InChI=1S/C16H16N2O/c1-12-8-9-17-15(11-12)18-10-4-6-13-5-3-7-14(19-2)16(13)18/h3-9,11H,10H2,1-2H3. The third-order valence-electron chi connectivity index (χ3n) is 3.28. The summed E-state index contributed by atoms with van der Waals surface area (Å²) in [6, 6.07) is 10.2. The molecule has 1 aliphatic rings. The van der Waals surface area contributed by atoms with Gasteiger partial charge in [0.1, 0.15) is 11.6 Å². The predicted octanol–water partition coefficient (Wildman–Crippen LogP) is 3.56. The molecule has 0 amide bonds. The molecule has 1 aromatic carbocycles. The van der Waals surface area contributed by atoms with Gasteiger partial charge >= 0.3 is 0 Å². The Kier molecular flexibility index (Phi) is 2.95. The molecule has 0 saturated carbocycles. The van der Waals surface area contributed by atoms with Crippen LogP contribution in [0.25, 0.3) is 6.08 Å². The van der Waals surface area contributed by atoms with Crippen molar-refractivity contribution in [3.8, 4) is 5.75 Å². The highest BCUT2D eigenvalue weighted by molar-refractivity contribution is 5.81. The van der Waals surface area contributed by atoms with Crippen molar-refractivity contribution in [1.82, 2.24) is 4.98 Å². The molecular formula is C16H16N2O. The van der Waals surface area contributed by atoms with Gasteiger partial charge in [-0.3, -0.25) is 0 Å². The van der Waals surface area contributed by atoms with E-state index < -0.39 is 0 Å². The largest absolute Gasteiger partial charge is 0.495 e. The number of methoxy groups -OCH3 is 1.